The van der Waals surface area contributed by atoms with Crippen LogP contribution in [0.1, 0.15) is 34.6 Å². The lowest BCUT2D eigenvalue weighted by Crippen LogP contribution is -2.56. The molecule has 3 heteroatoms. The third-order valence-corrected chi connectivity index (χ3v) is 2.94. The molecular formula is C11H26N2O. The van der Waals surface area contributed by atoms with Gasteiger partial charge >= 0.3 is 0 Å². The van der Waals surface area contributed by atoms with Crippen LogP contribution in [-0.2, 0) is 0 Å². The molecule has 0 amide bonds. The predicted octanol–water partition coefficient (Wildman–Crippen LogP) is 1.06. The van der Waals surface area contributed by atoms with Crippen molar-refractivity contribution in [2.45, 2.75) is 52.7 Å². The fraction of sp³-hybridized carbons (Fsp3) is 1.00. The lowest BCUT2D eigenvalue weighted by Gasteiger charge is -2.40. The molecule has 0 aromatic rings. The van der Waals surface area contributed by atoms with Crippen LogP contribution in [-0.4, -0.2) is 41.8 Å². The quantitative estimate of drug-likeness (QED) is 0.717. The maximum atomic E-state index is 9.36. The van der Waals surface area contributed by atoms with Gasteiger partial charge in [-0.2, -0.15) is 0 Å². The summed E-state index contributed by atoms with van der Waals surface area (Å²) >= 11 is 0. The summed E-state index contributed by atoms with van der Waals surface area (Å²) in [7, 11) is 2.01. The van der Waals surface area contributed by atoms with Crippen LogP contribution in [0.2, 0.25) is 0 Å². The minimum absolute atomic E-state index is 0.0140. The Labute approximate surface area is 88.3 Å². The summed E-state index contributed by atoms with van der Waals surface area (Å²) in [4.78, 5) is 2.13. The molecule has 0 aromatic heterocycles. The van der Waals surface area contributed by atoms with Gasteiger partial charge in [0.25, 0.3) is 0 Å². The summed E-state index contributed by atoms with van der Waals surface area (Å²) in [6.45, 7) is 10.7. The lowest BCUT2D eigenvalue weighted by atomic mass is 9.82. The van der Waals surface area contributed by atoms with E-state index in [0.29, 0.717) is 6.04 Å². The number of likely N-dealkylation sites (N-methyl/N-ethyl adjacent to an activating group) is 1. The predicted molar refractivity (Wildman–Crippen MR) is 61.2 cm³/mol. The Morgan fingerprint density at radius 3 is 1.93 bits per heavy atom. The van der Waals surface area contributed by atoms with E-state index in [4.69, 9.17) is 5.73 Å². The van der Waals surface area contributed by atoms with Crippen molar-refractivity contribution in [1.82, 2.24) is 4.90 Å². The zero-order valence-electron chi connectivity index (χ0n) is 10.4. The first kappa shape index (κ1) is 13.9. The second-order valence-corrected chi connectivity index (χ2v) is 5.40. The van der Waals surface area contributed by atoms with E-state index in [0.717, 1.165) is 0 Å². The molecule has 0 spiro atoms. The SMILES string of the molecule is CC(C)N(C)C(CO)C(N)C(C)(C)C. The number of rotatable bonds is 4. The van der Waals surface area contributed by atoms with Crippen LogP contribution in [0.3, 0.4) is 0 Å². The van der Waals surface area contributed by atoms with Crippen molar-refractivity contribution in [3.05, 3.63) is 0 Å². The van der Waals surface area contributed by atoms with Crippen LogP contribution in [0.5, 0.6) is 0 Å². The second-order valence-electron chi connectivity index (χ2n) is 5.40. The minimum Gasteiger partial charge on any atom is -0.395 e. The number of hydrogen-bond acceptors (Lipinski definition) is 3. The van der Waals surface area contributed by atoms with Crippen molar-refractivity contribution < 1.29 is 5.11 Å². The molecule has 0 heterocycles. The molecule has 0 aliphatic carbocycles. The van der Waals surface area contributed by atoms with Gasteiger partial charge in [0.15, 0.2) is 0 Å². The maximum Gasteiger partial charge on any atom is 0.0602 e. The highest BCUT2D eigenvalue weighted by Gasteiger charge is 2.31. The van der Waals surface area contributed by atoms with E-state index in [2.05, 4.69) is 39.5 Å². The fourth-order valence-corrected chi connectivity index (χ4v) is 1.46. The third kappa shape index (κ3) is 3.56. The Morgan fingerprint density at radius 2 is 1.71 bits per heavy atom. The molecule has 14 heavy (non-hydrogen) atoms. The molecule has 0 aromatic carbocycles. The van der Waals surface area contributed by atoms with E-state index in [1.165, 1.54) is 0 Å². The number of nitrogens with zero attached hydrogens (tertiary/aromatic N) is 1. The van der Waals surface area contributed by atoms with Gasteiger partial charge in [-0.15, -0.1) is 0 Å². The first-order valence-electron chi connectivity index (χ1n) is 5.30. The highest BCUT2D eigenvalue weighted by molar-refractivity contribution is 4.89. The van der Waals surface area contributed by atoms with Gasteiger partial charge in [-0.05, 0) is 26.3 Å². The van der Waals surface area contributed by atoms with Crippen molar-refractivity contribution in [1.29, 1.82) is 0 Å². The molecule has 0 radical (unpaired) electrons. The van der Waals surface area contributed by atoms with Crippen molar-refractivity contribution >= 4 is 0 Å². The average Bonchev–Trinajstić information content (AvgIpc) is 2.03. The van der Waals surface area contributed by atoms with E-state index in [-0.39, 0.29) is 24.1 Å². The number of aliphatic hydroxyl groups is 1. The Kier molecular flexibility index (Phi) is 5.06. The Balaban J connectivity index is 4.56. The lowest BCUT2D eigenvalue weighted by molar-refractivity contribution is 0.0699. The summed E-state index contributed by atoms with van der Waals surface area (Å²) in [5, 5.41) is 9.36. The van der Waals surface area contributed by atoms with Gasteiger partial charge in [-0.3, -0.25) is 4.90 Å². The fourth-order valence-electron chi connectivity index (χ4n) is 1.46. The van der Waals surface area contributed by atoms with Gasteiger partial charge < -0.3 is 10.8 Å². The molecule has 3 nitrogen and oxygen atoms in total. The van der Waals surface area contributed by atoms with Crippen LogP contribution in [0.25, 0.3) is 0 Å². The highest BCUT2D eigenvalue weighted by Crippen LogP contribution is 2.22. The van der Waals surface area contributed by atoms with Gasteiger partial charge in [0.05, 0.1) is 6.61 Å². The number of aliphatic hydroxyl groups excluding tert-OH is 1. The van der Waals surface area contributed by atoms with Crippen LogP contribution in [0.15, 0.2) is 0 Å². The van der Waals surface area contributed by atoms with Crippen molar-refractivity contribution in [3.63, 3.8) is 0 Å². The normalized spacial score (nSPS) is 17.6. The molecule has 0 aliphatic rings. The number of nitrogens with two attached hydrogens (primary N) is 1. The summed E-state index contributed by atoms with van der Waals surface area (Å²) in [5.74, 6) is 0. The topological polar surface area (TPSA) is 49.5 Å². The molecule has 2 unspecified atom stereocenters. The first-order chi connectivity index (χ1) is 6.21. The Morgan fingerprint density at radius 1 is 1.29 bits per heavy atom. The van der Waals surface area contributed by atoms with Gasteiger partial charge in [0, 0.05) is 18.1 Å². The zero-order valence-corrected chi connectivity index (χ0v) is 10.4. The van der Waals surface area contributed by atoms with Crippen molar-refractivity contribution in [2.75, 3.05) is 13.7 Å². The summed E-state index contributed by atoms with van der Waals surface area (Å²) in [5.41, 5.74) is 6.17. The average molecular weight is 202 g/mol. The molecule has 0 fully saturated rings. The maximum absolute atomic E-state index is 9.36. The van der Waals surface area contributed by atoms with Crippen LogP contribution in [0, 0.1) is 5.41 Å². The van der Waals surface area contributed by atoms with Crippen LogP contribution >= 0.6 is 0 Å². The van der Waals surface area contributed by atoms with E-state index in [9.17, 15) is 5.11 Å². The minimum atomic E-state index is -0.0140. The summed E-state index contributed by atoms with van der Waals surface area (Å²) in [6, 6.07) is 0.426. The van der Waals surface area contributed by atoms with E-state index in [1.54, 1.807) is 0 Å². The van der Waals surface area contributed by atoms with E-state index >= 15 is 0 Å². The summed E-state index contributed by atoms with van der Waals surface area (Å²) < 4.78 is 0. The Hall–Kier alpha value is -0.120. The molecule has 3 N–H and O–H groups in total. The molecule has 0 rings (SSSR count). The highest BCUT2D eigenvalue weighted by atomic mass is 16.3. The molecule has 86 valence electrons. The van der Waals surface area contributed by atoms with E-state index < -0.39 is 0 Å². The van der Waals surface area contributed by atoms with Crippen LogP contribution < -0.4 is 5.73 Å². The van der Waals surface area contributed by atoms with Crippen LogP contribution in [0.4, 0.5) is 0 Å². The first-order valence-corrected chi connectivity index (χ1v) is 5.30. The molecule has 0 bridgehead atoms. The largest absolute Gasteiger partial charge is 0.395 e. The van der Waals surface area contributed by atoms with E-state index in [1.807, 2.05) is 7.05 Å². The zero-order chi connectivity index (χ0) is 11.5. The summed E-state index contributed by atoms with van der Waals surface area (Å²) in [6.07, 6.45) is 0. The van der Waals surface area contributed by atoms with Crippen molar-refractivity contribution in [2.24, 2.45) is 11.1 Å². The molecular weight excluding hydrogens is 176 g/mol. The van der Waals surface area contributed by atoms with Gasteiger partial charge in [0.2, 0.25) is 0 Å². The van der Waals surface area contributed by atoms with Gasteiger partial charge in [0.1, 0.15) is 0 Å². The number of hydrogen-bond donors (Lipinski definition) is 2. The Bertz CT molecular complexity index is 163. The molecule has 0 saturated heterocycles. The second kappa shape index (κ2) is 5.10. The standard InChI is InChI=1S/C11H26N2O/c1-8(2)13(6)9(7-14)10(12)11(3,4)5/h8-10,14H,7,12H2,1-6H3. The molecule has 2 atom stereocenters. The third-order valence-electron chi connectivity index (χ3n) is 2.94. The smallest absolute Gasteiger partial charge is 0.0602 e. The monoisotopic (exact) mass is 202 g/mol. The van der Waals surface area contributed by atoms with Gasteiger partial charge in [-0.25, -0.2) is 0 Å². The van der Waals surface area contributed by atoms with Crippen molar-refractivity contribution in [3.8, 4) is 0 Å². The molecule has 0 aliphatic heterocycles. The molecule has 0 saturated carbocycles. The van der Waals surface area contributed by atoms with Gasteiger partial charge in [-0.1, -0.05) is 20.8 Å².